The Morgan fingerprint density at radius 1 is 1.33 bits per heavy atom. The third-order valence-corrected chi connectivity index (χ3v) is 3.09. The number of rotatable bonds is 8. The number of methoxy groups -OCH3 is 1. The van der Waals surface area contributed by atoms with Crippen molar-refractivity contribution in [3.63, 3.8) is 0 Å². The zero-order valence-electron chi connectivity index (χ0n) is 12.3. The number of ether oxygens (including phenoxy) is 2. The van der Waals surface area contributed by atoms with E-state index in [-0.39, 0.29) is 24.9 Å². The highest BCUT2D eigenvalue weighted by atomic mass is 35.5. The van der Waals surface area contributed by atoms with Crippen molar-refractivity contribution in [2.24, 2.45) is 0 Å². The van der Waals surface area contributed by atoms with Crippen molar-refractivity contribution in [1.29, 1.82) is 0 Å². The van der Waals surface area contributed by atoms with E-state index in [1.807, 2.05) is 13.0 Å². The summed E-state index contributed by atoms with van der Waals surface area (Å²) in [5.41, 5.74) is 0.774. The number of esters is 1. The van der Waals surface area contributed by atoms with Gasteiger partial charge in [-0.2, -0.15) is 0 Å². The summed E-state index contributed by atoms with van der Waals surface area (Å²) in [5, 5.41) is 3.14. The van der Waals surface area contributed by atoms with Crippen LogP contribution in [0.5, 0.6) is 5.75 Å². The largest absolute Gasteiger partial charge is 0.482 e. The lowest BCUT2D eigenvalue weighted by atomic mass is 10.1. The summed E-state index contributed by atoms with van der Waals surface area (Å²) in [7, 11) is 1.34. The van der Waals surface area contributed by atoms with Crippen LogP contribution in [-0.2, 0) is 20.7 Å². The van der Waals surface area contributed by atoms with E-state index < -0.39 is 0 Å². The molecule has 1 N–H and O–H groups in total. The summed E-state index contributed by atoms with van der Waals surface area (Å²) >= 11 is 6.09. The summed E-state index contributed by atoms with van der Waals surface area (Å²) in [4.78, 5) is 22.8. The number of hydrogen-bond acceptors (Lipinski definition) is 4. The zero-order chi connectivity index (χ0) is 15.7. The zero-order valence-corrected chi connectivity index (χ0v) is 13.0. The number of nitrogens with one attached hydrogen (secondary N) is 1. The lowest BCUT2D eigenvalue weighted by Crippen LogP contribution is -2.29. The minimum absolute atomic E-state index is 0.102. The first-order valence-corrected chi connectivity index (χ1v) is 7.20. The molecule has 0 spiro atoms. The molecule has 0 bridgehead atoms. The van der Waals surface area contributed by atoms with Gasteiger partial charge < -0.3 is 14.8 Å². The number of para-hydroxylation sites is 1. The minimum atomic E-state index is -0.304. The summed E-state index contributed by atoms with van der Waals surface area (Å²) in [5.74, 6) is -0.0629. The van der Waals surface area contributed by atoms with Gasteiger partial charge in [0.25, 0.3) is 5.91 Å². The van der Waals surface area contributed by atoms with E-state index in [1.165, 1.54) is 7.11 Å². The molecule has 6 heteroatoms. The molecule has 116 valence electrons. The predicted molar refractivity (Wildman–Crippen MR) is 80.6 cm³/mol. The summed E-state index contributed by atoms with van der Waals surface area (Å²) in [6, 6.07) is 5.27. The quantitative estimate of drug-likeness (QED) is 0.748. The van der Waals surface area contributed by atoms with E-state index in [1.54, 1.807) is 12.1 Å². The number of carbonyl (C=O) groups excluding carboxylic acids is 2. The molecule has 0 radical (unpaired) electrons. The van der Waals surface area contributed by atoms with Crippen molar-refractivity contribution < 1.29 is 19.1 Å². The highest BCUT2D eigenvalue weighted by Crippen LogP contribution is 2.29. The van der Waals surface area contributed by atoms with Gasteiger partial charge in [0.05, 0.1) is 12.1 Å². The second kappa shape index (κ2) is 9.23. The second-order valence-corrected chi connectivity index (χ2v) is 4.85. The molecule has 1 amide bonds. The van der Waals surface area contributed by atoms with E-state index in [0.29, 0.717) is 23.7 Å². The third kappa shape index (κ3) is 6.04. The number of amides is 1. The van der Waals surface area contributed by atoms with Crippen molar-refractivity contribution >= 4 is 23.5 Å². The van der Waals surface area contributed by atoms with Crippen LogP contribution in [0.15, 0.2) is 18.2 Å². The Kier molecular flexibility index (Phi) is 7.61. The van der Waals surface area contributed by atoms with Crippen molar-refractivity contribution in [3.05, 3.63) is 28.8 Å². The molecule has 0 aliphatic rings. The lowest BCUT2D eigenvalue weighted by Gasteiger charge is -2.13. The summed E-state index contributed by atoms with van der Waals surface area (Å²) in [6.07, 6.45) is 1.54. The van der Waals surface area contributed by atoms with E-state index in [0.717, 1.165) is 12.0 Å². The van der Waals surface area contributed by atoms with Gasteiger partial charge in [-0.3, -0.25) is 9.59 Å². The minimum Gasteiger partial charge on any atom is -0.482 e. The van der Waals surface area contributed by atoms with Gasteiger partial charge in [0.1, 0.15) is 5.75 Å². The van der Waals surface area contributed by atoms with E-state index in [4.69, 9.17) is 16.3 Å². The van der Waals surface area contributed by atoms with Crippen LogP contribution in [0.4, 0.5) is 0 Å². The molecular weight excluding hydrogens is 294 g/mol. The van der Waals surface area contributed by atoms with Gasteiger partial charge in [0.2, 0.25) is 0 Å². The van der Waals surface area contributed by atoms with Gasteiger partial charge >= 0.3 is 5.97 Å². The van der Waals surface area contributed by atoms with Crippen LogP contribution in [0, 0.1) is 0 Å². The van der Waals surface area contributed by atoms with Gasteiger partial charge in [-0.15, -0.1) is 0 Å². The average Bonchev–Trinajstić information content (AvgIpc) is 2.49. The first-order chi connectivity index (χ1) is 10.1. The van der Waals surface area contributed by atoms with Crippen LogP contribution >= 0.6 is 11.6 Å². The number of carbonyl (C=O) groups is 2. The molecule has 0 aliphatic heterocycles. The Labute approximate surface area is 129 Å². The van der Waals surface area contributed by atoms with Gasteiger partial charge in [-0.25, -0.2) is 0 Å². The third-order valence-electron chi connectivity index (χ3n) is 2.79. The first-order valence-electron chi connectivity index (χ1n) is 6.82. The molecule has 1 aromatic carbocycles. The Balaban J connectivity index is 2.67. The first kappa shape index (κ1) is 17.3. The molecule has 0 aromatic heterocycles. The van der Waals surface area contributed by atoms with Crippen LogP contribution in [0.1, 0.15) is 25.3 Å². The lowest BCUT2D eigenvalue weighted by molar-refractivity contribution is -0.140. The van der Waals surface area contributed by atoms with Gasteiger partial charge in [-0.05, 0) is 24.5 Å². The molecule has 0 saturated carbocycles. The summed E-state index contributed by atoms with van der Waals surface area (Å²) < 4.78 is 10.1. The van der Waals surface area contributed by atoms with Crippen LogP contribution in [0.25, 0.3) is 0 Å². The van der Waals surface area contributed by atoms with Crippen LogP contribution in [-0.4, -0.2) is 32.1 Å². The Morgan fingerprint density at radius 3 is 2.76 bits per heavy atom. The Bertz CT molecular complexity index is 491. The molecule has 1 rings (SSSR count). The predicted octanol–water partition coefficient (Wildman–Crippen LogP) is 2.35. The van der Waals surface area contributed by atoms with E-state index in [2.05, 4.69) is 10.1 Å². The van der Waals surface area contributed by atoms with Gasteiger partial charge in [0.15, 0.2) is 6.61 Å². The molecule has 0 unspecified atom stereocenters. The highest BCUT2D eigenvalue weighted by molar-refractivity contribution is 6.32. The normalized spacial score (nSPS) is 10.0. The molecular formula is C15H20ClNO4. The van der Waals surface area contributed by atoms with Crippen molar-refractivity contribution in [3.8, 4) is 5.75 Å². The van der Waals surface area contributed by atoms with E-state index >= 15 is 0 Å². The molecule has 0 saturated heterocycles. The number of benzene rings is 1. The standard InChI is InChI=1S/C15H20ClNO4/c1-3-9-17-13(18)10-21-15-11(5-4-6-12(15)16)7-8-14(19)20-2/h4-6H,3,7-10H2,1-2H3,(H,17,18). The van der Waals surface area contributed by atoms with Crippen molar-refractivity contribution in [2.45, 2.75) is 26.2 Å². The van der Waals surface area contributed by atoms with E-state index in [9.17, 15) is 9.59 Å². The Hall–Kier alpha value is -1.75. The van der Waals surface area contributed by atoms with Gasteiger partial charge in [0, 0.05) is 13.0 Å². The van der Waals surface area contributed by atoms with Crippen LogP contribution in [0.3, 0.4) is 0 Å². The average molecular weight is 314 g/mol. The second-order valence-electron chi connectivity index (χ2n) is 4.44. The van der Waals surface area contributed by atoms with Crippen LogP contribution in [0.2, 0.25) is 5.02 Å². The molecule has 0 aliphatic carbocycles. The fourth-order valence-electron chi connectivity index (χ4n) is 1.70. The molecule has 0 atom stereocenters. The Morgan fingerprint density at radius 2 is 2.10 bits per heavy atom. The fraction of sp³-hybridized carbons (Fsp3) is 0.467. The maximum atomic E-state index is 11.6. The topological polar surface area (TPSA) is 64.6 Å². The number of aryl methyl sites for hydroxylation is 1. The fourth-order valence-corrected chi connectivity index (χ4v) is 1.95. The molecule has 0 heterocycles. The molecule has 1 aromatic rings. The monoisotopic (exact) mass is 313 g/mol. The molecule has 5 nitrogen and oxygen atoms in total. The van der Waals surface area contributed by atoms with Gasteiger partial charge in [-0.1, -0.05) is 30.7 Å². The van der Waals surface area contributed by atoms with Crippen molar-refractivity contribution in [2.75, 3.05) is 20.3 Å². The highest BCUT2D eigenvalue weighted by Gasteiger charge is 2.12. The smallest absolute Gasteiger partial charge is 0.305 e. The van der Waals surface area contributed by atoms with Crippen molar-refractivity contribution in [1.82, 2.24) is 5.32 Å². The molecule has 21 heavy (non-hydrogen) atoms. The summed E-state index contributed by atoms with van der Waals surface area (Å²) in [6.45, 7) is 2.48. The maximum absolute atomic E-state index is 11.6. The maximum Gasteiger partial charge on any atom is 0.305 e. The molecule has 0 fully saturated rings. The van der Waals surface area contributed by atoms with Crippen LogP contribution < -0.4 is 10.1 Å². The number of hydrogen-bond donors (Lipinski definition) is 1. The SMILES string of the molecule is CCCNC(=O)COc1c(Cl)cccc1CCC(=O)OC. The number of halogens is 1.